The number of carbonyl (C=O) groups excluding carboxylic acids is 2. The van der Waals surface area contributed by atoms with E-state index in [4.69, 9.17) is 4.74 Å². The maximum absolute atomic E-state index is 14.0. The summed E-state index contributed by atoms with van der Waals surface area (Å²) in [6.45, 7) is 18.9. The van der Waals surface area contributed by atoms with E-state index in [1.165, 1.54) is 22.3 Å². The van der Waals surface area contributed by atoms with Crippen molar-refractivity contribution >= 4 is 17.4 Å². The number of benzene rings is 1. The minimum Gasteiger partial charge on any atom is -0.466 e. The predicted molar refractivity (Wildman–Crippen MR) is 191 cm³/mol. The molecule has 0 aliphatic heterocycles. The lowest BCUT2D eigenvalue weighted by molar-refractivity contribution is -0.143. The van der Waals surface area contributed by atoms with E-state index in [-0.39, 0.29) is 11.8 Å². The Balaban J connectivity index is 2.33. The van der Waals surface area contributed by atoms with Crippen LogP contribution >= 0.6 is 0 Å². The molecule has 5 nitrogen and oxygen atoms in total. The van der Waals surface area contributed by atoms with Gasteiger partial charge >= 0.3 is 5.97 Å². The van der Waals surface area contributed by atoms with Gasteiger partial charge in [0.25, 0.3) is 0 Å². The van der Waals surface area contributed by atoms with Crippen LogP contribution in [0.3, 0.4) is 0 Å². The van der Waals surface area contributed by atoms with Gasteiger partial charge in [-0.25, -0.2) is 0 Å². The smallest absolute Gasteiger partial charge is 0.305 e. The van der Waals surface area contributed by atoms with Gasteiger partial charge in [0.05, 0.1) is 6.61 Å². The lowest BCUT2D eigenvalue weighted by atomic mass is 10.0. The summed E-state index contributed by atoms with van der Waals surface area (Å²) in [4.78, 5) is 28.2. The molecule has 0 spiro atoms. The van der Waals surface area contributed by atoms with E-state index in [2.05, 4.69) is 88.3 Å². The summed E-state index contributed by atoms with van der Waals surface area (Å²) < 4.78 is 7.21. The quantitative estimate of drug-likeness (QED) is 0.0898. The topological polar surface area (TPSA) is 51.5 Å². The third kappa shape index (κ3) is 13.1. The van der Waals surface area contributed by atoms with Gasteiger partial charge in [-0.05, 0) is 112 Å². The Hall–Kier alpha value is -3.60. The van der Waals surface area contributed by atoms with Gasteiger partial charge in [-0.15, -0.1) is 0 Å². The molecule has 0 aliphatic rings. The van der Waals surface area contributed by atoms with Crippen LogP contribution in [0.15, 0.2) is 76.9 Å². The molecule has 5 heteroatoms. The molecule has 0 saturated carbocycles. The second kappa shape index (κ2) is 19.7. The van der Waals surface area contributed by atoms with E-state index in [0.29, 0.717) is 25.0 Å². The zero-order valence-electron chi connectivity index (χ0n) is 29.6. The second-order valence-electron chi connectivity index (χ2n) is 12.6. The molecule has 246 valence electrons. The second-order valence-corrected chi connectivity index (χ2v) is 12.6. The monoisotopic (exact) mass is 614 g/mol. The highest BCUT2D eigenvalue weighted by molar-refractivity contribution is 6.10. The number of anilines is 1. The van der Waals surface area contributed by atoms with Gasteiger partial charge < -0.3 is 14.2 Å². The summed E-state index contributed by atoms with van der Waals surface area (Å²) in [6.07, 6.45) is 16.0. The Kier molecular flexibility index (Phi) is 16.5. The molecular weight excluding hydrogens is 556 g/mol. The predicted octanol–water partition coefficient (Wildman–Crippen LogP) is 9.90. The van der Waals surface area contributed by atoms with Crippen molar-refractivity contribution in [3.8, 4) is 0 Å². The molecule has 0 unspecified atom stereocenters. The van der Waals surface area contributed by atoms with Crippen molar-refractivity contribution in [3.63, 3.8) is 0 Å². The number of ketones is 1. The van der Waals surface area contributed by atoms with Crippen LogP contribution in [0, 0.1) is 0 Å². The van der Waals surface area contributed by atoms with Gasteiger partial charge in [-0.1, -0.05) is 65.7 Å². The molecule has 45 heavy (non-hydrogen) atoms. The fourth-order valence-electron chi connectivity index (χ4n) is 5.41. The standard InChI is InChI=1S/C40H58N2O3/c1-10-38-37(29-35(41(38)9)21-15-23-39(43)45-11-2)40(44)34-20-14-22-36(28-34)42(26-24-32(7)18-12-16-30(3)4)27-25-33(8)19-13-17-31(5)6/h14,16-17,20,22,24-25,28-29H,10-13,15,18-19,21,23,26-27H2,1-9H3/b32-24+,33-25+. The largest absolute Gasteiger partial charge is 0.466 e. The first-order chi connectivity index (χ1) is 21.5. The highest BCUT2D eigenvalue weighted by atomic mass is 16.5. The zero-order chi connectivity index (χ0) is 33.4. The highest BCUT2D eigenvalue weighted by Gasteiger charge is 2.20. The number of nitrogens with zero attached hydrogens (tertiary/aromatic N) is 2. The van der Waals surface area contributed by atoms with Gasteiger partial charge in [0.15, 0.2) is 5.78 Å². The number of aromatic nitrogens is 1. The first-order valence-corrected chi connectivity index (χ1v) is 16.8. The van der Waals surface area contributed by atoms with Crippen LogP contribution < -0.4 is 4.90 Å². The lowest BCUT2D eigenvalue weighted by Gasteiger charge is -2.23. The van der Waals surface area contributed by atoms with Crippen LogP contribution in [0.2, 0.25) is 0 Å². The van der Waals surface area contributed by atoms with Crippen LogP contribution in [0.5, 0.6) is 0 Å². The molecule has 0 bridgehead atoms. The first kappa shape index (κ1) is 37.6. The minimum atomic E-state index is -0.170. The van der Waals surface area contributed by atoms with E-state index < -0.39 is 0 Å². The van der Waals surface area contributed by atoms with Crippen LogP contribution in [-0.2, 0) is 29.4 Å². The normalized spacial score (nSPS) is 11.8. The van der Waals surface area contributed by atoms with Crippen molar-refractivity contribution in [2.75, 3.05) is 24.6 Å². The molecule has 1 heterocycles. The van der Waals surface area contributed by atoms with Crippen molar-refractivity contribution in [2.24, 2.45) is 7.05 Å². The third-order valence-corrected chi connectivity index (χ3v) is 8.13. The minimum absolute atomic E-state index is 0.0442. The molecule has 2 aromatic rings. The van der Waals surface area contributed by atoms with Crippen LogP contribution in [0.1, 0.15) is 121 Å². The summed E-state index contributed by atoms with van der Waals surface area (Å²) in [5, 5.41) is 0. The lowest BCUT2D eigenvalue weighted by Crippen LogP contribution is -2.24. The molecule has 0 radical (unpaired) electrons. The fraction of sp³-hybridized carbons (Fsp3) is 0.500. The molecule has 0 N–H and O–H groups in total. The molecule has 0 atom stereocenters. The van der Waals surface area contributed by atoms with Gasteiger partial charge in [0.1, 0.15) is 0 Å². The summed E-state index contributed by atoms with van der Waals surface area (Å²) >= 11 is 0. The SMILES string of the molecule is CCOC(=O)CCCc1cc(C(=O)c2cccc(N(C/C=C(\C)CCC=C(C)C)C/C=C(\C)CCC=C(C)C)c2)c(CC)n1C. The fourth-order valence-corrected chi connectivity index (χ4v) is 5.41. The number of allylic oxidation sites excluding steroid dienone is 6. The summed E-state index contributed by atoms with van der Waals surface area (Å²) in [5.74, 6) is -0.126. The van der Waals surface area contributed by atoms with Crippen LogP contribution in [0.25, 0.3) is 0 Å². The van der Waals surface area contributed by atoms with E-state index in [1.807, 2.05) is 38.2 Å². The maximum Gasteiger partial charge on any atom is 0.305 e. The number of ether oxygens (including phenoxy) is 1. The number of aryl methyl sites for hydroxylation is 1. The summed E-state index contributed by atoms with van der Waals surface area (Å²) in [7, 11) is 2.02. The van der Waals surface area contributed by atoms with Crippen molar-refractivity contribution in [2.45, 2.75) is 107 Å². The van der Waals surface area contributed by atoms with Gasteiger partial charge in [0.2, 0.25) is 0 Å². The summed E-state index contributed by atoms with van der Waals surface area (Å²) in [5.41, 5.74) is 10.1. The van der Waals surface area contributed by atoms with Crippen molar-refractivity contribution in [1.29, 1.82) is 0 Å². The molecular formula is C40H58N2O3. The van der Waals surface area contributed by atoms with Gasteiger partial charge in [-0.3, -0.25) is 9.59 Å². The molecule has 2 rings (SSSR count). The molecule has 1 aromatic heterocycles. The zero-order valence-corrected chi connectivity index (χ0v) is 29.6. The van der Waals surface area contributed by atoms with Crippen molar-refractivity contribution in [3.05, 3.63) is 99.4 Å². The Bertz CT molecular complexity index is 1340. The Labute approximate surface area is 273 Å². The van der Waals surface area contributed by atoms with Crippen LogP contribution in [-0.4, -0.2) is 36.0 Å². The molecule has 1 aromatic carbocycles. The summed E-state index contributed by atoms with van der Waals surface area (Å²) in [6, 6.07) is 10.1. The van der Waals surface area contributed by atoms with E-state index in [1.54, 1.807) is 0 Å². The number of hydrogen-bond acceptors (Lipinski definition) is 4. The van der Waals surface area contributed by atoms with Crippen molar-refractivity contribution < 1.29 is 14.3 Å². The third-order valence-electron chi connectivity index (χ3n) is 8.13. The van der Waals surface area contributed by atoms with E-state index in [9.17, 15) is 9.59 Å². The Morgan fingerprint density at radius 3 is 1.96 bits per heavy atom. The Morgan fingerprint density at radius 2 is 1.42 bits per heavy atom. The first-order valence-electron chi connectivity index (χ1n) is 16.8. The average Bonchev–Trinajstić information content (AvgIpc) is 3.31. The number of esters is 1. The molecule has 0 aliphatic carbocycles. The number of carbonyl (C=O) groups is 2. The molecule has 0 amide bonds. The maximum atomic E-state index is 14.0. The van der Waals surface area contributed by atoms with Crippen molar-refractivity contribution in [1.82, 2.24) is 4.57 Å². The van der Waals surface area contributed by atoms with E-state index >= 15 is 0 Å². The molecule has 0 fully saturated rings. The number of rotatable bonds is 19. The van der Waals surface area contributed by atoms with Gasteiger partial charge in [0, 0.05) is 54.8 Å². The highest BCUT2D eigenvalue weighted by Crippen LogP contribution is 2.24. The average molecular weight is 615 g/mol. The Morgan fingerprint density at radius 1 is 0.822 bits per heavy atom. The number of hydrogen-bond donors (Lipinski definition) is 0. The van der Waals surface area contributed by atoms with Gasteiger partial charge in [-0.2, -0.15) is 0 Å². The van der Waals surface area contributed by atoms with Crippen LogP contribution in [0.4, 0.5) is 5.69 Å². The van der Waals surface area contributed by atoms with E-state index in [0.717, 1.165) is 74.3 Å². The molecule has 0 saturated heterocycles.